The van der Waals surface area contributed by atoms with Crippen LogP contribution in [0.3, 0.4) is 0 Å². The van der Waals surface area contributed by atoms with E-state index >= 15 is 0 Å². The Morgan fingerprint density at radius 3 is 1.50 bits per heavy atom. The molecule has 0 aliphatic carbocycles. The molecule has 114 valence electrons. The first-order valence-electron chi connectivity index (χ1n) is 6.94. The molecule has 0 amide bonds. The minimum atomic E-state index is 0.595. The lowest BCUT2D eigenvalue weighted by Crippen LogP contribution is -2.19. The monoisotopic (exact) mass is 330 g/mol. The Morgan fingerprint density at radius 2 is 1.18 bits per heavy atom. The lowest BCUT2D eigenvalue weighted by Gasteiger charge is -2.09. The molecule has 6 heteroatoms. The van der Waals surface area contributed by atoms with Gasteiger partial charge in [0.25, 0.3) is 0 Å². The molecule has 0 saturated carbocycles. The molecule has 4 nitrogen and oxygen atoms in total. The maximum absolute atomic E-state index is 5.20. The van der Waals surface area contributed by atoms with Crippen LogP contribution in [0.15, 0.2) is 60.7 Å². The van der Waals surface area contributed by atoms with E-state index in [1.165, 1.54) is 0 Å². The zero-order valence-electron chi connectivity index (χ0n) is 12.0. The van der Waals surface area contributed by atoms with Gasteiger partial charge >= 0.3 is 0 Å². The molecule has 0 aromatic heterocycles. The highest BCUT2D eigenvalue weighted by molar-refractivity contribution is 7.80. The van der Waals surface area contributed by atoms with Crippen molar-refractivity contribution >= 4 is 46.0 Å². The predicted octanol–water partition coefficient (Wildman–Crippen LogP) is 2.96. The van der Waals surface area contributed by atoms with Crippen LogP contribution in [-0.2, 0) is 0 Å². The highest BCUT2D eigenvalue weighted by atomic mass is 32.1. The van der Waals surface area contributed by atoms with Gasteiger partial charge in [0, 0.05) is 24.5 Å². The Balaban J connectivity index is 0.000000246. The van der Waals surface area contributed by atoms with Crippen LogP contribution in [0.2, 0.25) is 0 Å². The van der Waals surface area contributed by atoms with E-state index in [9.17, 15) is 0 Å². The molecular weight excluding hydrogens is 312 g/mol. The van der Waals surface area contributed by atoms with Crippen LogP contribution in [0.25, 0.3) is 0 Å². The Hall–Kier alpha value is -2.18. The first kappa shape index (κ1) is 16.2. The Bertz CT molecular complexity index is 551. The standard InChI is InChI=1S/C13H12N2S.C3H6N2S/c16-13(14-11-7-3-1-4-8-11)15-12-9-5-2-6-10-12;6-3-4-1-2-5-3/h1-10H,(H2,14,15,16);1-2H2,(H2,4,5,6). The Kier molecular flexibility index (Phi) is 6.60. The summed E-state index contributed by atoms with van der Waals surface area (Å²) in [5, 5.41) is 13.5. The van der Waals surface area contributed by atoms with E-state index in [0.717, 1.165) is 29.6 Å². The second kappa shape index (κ2) is 8.96. The van der Waals surface area contributed by atoms with E-state index in [2.05, 4.69) is 21.3 Å². The summed E-state index contributed by atoms with van der Waals surface area (Å²) in [4.78, 5) is 0. The molecule has 2 aromatic carbocycles. The summed E-state index contributed by atoms with van der Waals surface area (Å²) in [5.41, 5.74) is 1.96. The second-order valence-electron chi connectivity index (χ2n) is 4.49. The van der Waals surface area contributed by atoms with Crippen molar-refractivity contribution in [3.8, 4) is 0 Å². The fraction of sp³-hybridized carbons (Fsp3) is 0.125. The van der Waals surface area contributed by atoms with Gasteiger partial charge in [0.05, 0.1) is 0 Å². The number of nitrogens with one attached hydrogen (secondary N) is 4. The molecule has 1 aliphatic rings. The molecule has 0 spiro atoms. The van der Waals surface area contributed by atoms with Gasteiger partial charge in [0.1, 0.15) is 0 Å². The molecular formula is C16H18N4S2. The smallest absolute Gasteiger partial charge is 0.175 e. The van der Waals surface area contributed by atoms with Crippen molar-refractivity contribution in [3.05, 3.63) is 60.7 Å². The molecule has 1 fully saturated rings. The number of thiocarbonyl (C=S) groups is 2. The summed E-state index contributed by atoms with van der Waals surface area (Å²) in [6, 6.07) is 19.7. The molecule has 1 heterocycles. The first-order valence-corrected chi connectivity index (χ1v) is 7.75. The van der Waals surface area contributed by atoms with Gasteiger partial charge in [-0.1, -0.05) is 36.4 Å². The van der Waals surface area contributed by atoms with Crippen molar-refractivity contribution in [1.29, 1.82) is 0 Å². The van der Waals surface area contributed by atoms with Crippen molar-refractivity contribution in [2.24, 2.45) is 0 Å². The van der Waals surface area contributed by atoms with Gasteiger partial charge in [-0.25, -0.2) is 0 Å². The number of hydrogen-bond acceptors (Lipinski definition) is 2. The number of hydrogen-bond donors (Lipinski definition) is 4. The summed E-state index contributed by atoms with van der Waals surface area (Å²) in [6.07, 6.45) is 0. The maximum Gasteiger partial charge on any atom is 0.175 e. The van der Waals surface area contributed by atoms with E-state index < -0.39 is 0 Å². The van der Waals surface area contributed by atoms with E-state index in [-0.39, 0.29) is 0 Å². The van der Waals surface area contributed by atoms with Gasteiger partial charge < -0.3 is 21.3 Å². The summed E-state index contributed by atoms with van der Waals surface area (Å²) in [7, 11) is 0. The minimum absolute atomic E-state index is 0.595. The predicted molar refractivity (Wildman–Crippen MR) is 101 cm³/mol. The molecule has 2 aromatic rings. The SMILES string of the molecule is S=C(Nc1ccccc1)Nc1ccccc1.S=C1NCCN1. The average molecular weight is 330 g/mol. The maximum atomic E-state index is 5.20. The highest BCUT2D eigenvalue weighted by Gasteiger charge is 1.98. The van der Waals surface area contributed by atoms with Crippen LogP contribution in [-0.4, -0.2) is 23.3 Å². The van der Waals surface area contributed by atoms with Crippen LogP contribution < -0.4 is 21.3 Å². The third-order valence-electron chi connectivity index (χ3n) is 2.76. The van der Waals surface area contributed by atoms with E-state index in [0.29, 0.717) is 5.11 Å². The number of anilines is 2. The number of rotatable bonds is 2. The quantitative estimate of drug-likeness (QED) is 0.635. The van der Waals surface area contributed by atoms with Gasteiger partial charge in [-0.15, -0.1) is 0 Å². The summed E-state index contributed by atoms with van der Waals surface area (Å²) < 4.78 is 0. The van der Waals surface area contributed by atoms with Crippen molar-refractivity contribution < 1.29 is 0 Å². The molecule has 4 N–H and O–H groups in total. The molecule has 1 saturated heterocycles. The highest BCUT2D eigenvalue weighted by Crippen LogP contribution is 2.08. The Morgan fingerprint density at radius 1 is 0.773 bits per heavy atom. The number of benzene rings is 2. The third-order valence-corrected chi connectivity index (χ3v) is 3.25. The molecule has 3 rings (SSSR count). The van der Waals surface area contributed by atoms with Gasteiger partial charge in [-0.05, 0) is 48.7 Å². The van der Waals surface area contributed by atoms with Gasteiger partial charge in [-0.2, -0.15) is 0 Å². The van der Waals surface area contributed by atoms with Crippen molar-refractivity contribution in [1.82, 2.24) is 10.6 Å². The Labute approximate surface area is 141 Å². The largest absolute Gasteiger partial charge is 0.361 e. The van der Waals surface area contributed by atoms with Gasteiger partial charge in [0.2, 0.25) is 0 Å². The van der Waals surface area contributed by atoms with E-state index in [1.54, 1.807) is 0 Å². The van der Waals surface area contributed by atoms with Gasteiger partial charge in [0.15, 0.2) is 10.2 Å². The first-order chi connectivity index (χ1) is 10.7. The van der Waals surface area contributed by atoms with Crippen molar-refractivity contribution in [3.63, 3.8) is 0 Å². The normalized spacial score (nSPS) is 12.3. The van der Waals surface area contributed by atoms with E-state index in [1.807, 2.05) is 60.7 Å². The summed E-state index contributed by atoms with van der Waals surface area (Å²) in [6.45, 7) is 1.97. The fourth-order valence-corrected chi connectivity index (χ4v) is 2.19. The van der Waals surface area contributed by atoms with Gasteiger partial charge in [-0.3, -0.25) is 0 Å². The fourth-order valence-electron chi connectivity index (χ4n) is 1.75. The second-order valence-corrected chi connectivity index (χ2v) is 5.31. The molecule has 0 atom stereocenters. The lowest BCUT2D eigenvalue weighted by molar-refractivity contribution is 0.942. The van der Waals surface area contributed by atoms with Crippen LogP contribution in [0.4, 0.5) is 11.4 Å². The molecule has 22 heavy (non-hydrogen) atoms. The molecule has 0 radical (unpaired) electrons. The van der Waals surface area contributed by atoms with Crippen LogP contribution in [0.1, 0.15) is 0 Å². The zero-order valence-corrected chi connectivity index (χ0v) is 13.6. The topological polar surface area (TPSA) is 48.1 Å². The molecule has 1 aliphatic heterocycles. The summed E-state index contributed by atoms with van der Waals surface area (Å²) >= 11 is 9.89. The van der Waals surface area contributed by atoms with E-state index in [4.69, 9.17) is 24.4 Å². The molecule has 0 bridgehead atoms. The summed E-state index contributed by atoms with van der Waals surface area (Å²) in [5.74, 6) is 0. The minimum Gasteiger partial charge on any atom is -0.361 e. The van der Waals surface area contributed by atoms with Crippen molar-refractivity contribution in [2.75, 3.05) is 23.7 Å². The zero-order chi connectivity index (χ0) is 15.6. The number of para-hydroxylation sites is 2. The van der Waals surface area contributed by atoms with Crippen LogP contribution in [0, 0.1) is 0 Å². The van der Waals surface area contributed by atoms with Crippen LogP contribution >= 0.6 is 24.4 Å². The average Bonchev–Trinajstić information content (AvgIpc) is 3.01. The lowest BCUT2D eigenvalue weighted by atomic mass is 10.3. The molecule has 0 unspecified atom stereocenters. The third kappa shape index (κ3) is 6.07. The van der Waals surface area contributed by atoms with Crippen molar-refractivity contribution in [2.45, 2.75) is 0 Å². The van der Waals surface area contributed by atoms with Crippen LogP contribution in [0.5, 0.6) is 0 Å².